The van der Waals surface area contributed by atoms with Gasteiger partial charge in [0, 0.05) is 29.2 Å². The Labute approximate surface area is 164 Å². The molecule has 6 nitrogen and oxygen atoms in total. The standard InChI is InChI=1S/C22H28O6/c1-5-26-17-12-13(16(25)15(24)11(10(2)3)14(12)23)22-8-6-7-21(4)9-27-20(22)28-18(17)19(21)22/h10,17-20,23H,5-9H2,1-4H3/t17-,18-,19?,20?,21-,22-/m1/s1. The Morgan fingerprint density at radius 1 is 1.25 bits per heavy atom. The quantitative estimate of drug-likeness (QED) is 0.591. The maximum atomic E-state index is 13.5. The lowest BCUT2D eigenvalue weighted by Crippen LogP contribution is -2.62. The van der Waals surface area contributed by atoms with E-state index >= 15 is 0 Å². The van der Waals surface area contributed by atoms with Gasteiger partial charge in [0.25, 0.3) is 0 Å². The molecule has 3 aliphatic carbocycles. The van der Waals surface area contributed by atoms with Crippen LogP contribution in [0, 0.1) is 22.7 Å². The lowest BCUT2D eigenvalue weighted by Gasteiger charge is -2.58. The highest BCUT2D eigenvalue weighted by Gasteiger charge is 2.74. The molecule has 3 fully saturated rings. The zero-order chi connectivity index (χ0) is 20.0. The van der Waals surface area contributed by atoms with Gasteiger partial charge in [-0.15, -0.1) is 0 Å². The normalized spacial score (nSPS) is 44.5. The van der Waals surface area contributed by atoms with E-state index < -0.39 is 29.4 Å². The minimum atomic E-state index is -0.665. The van der Waals surface area contributed by atoms with Crippen LogP contribution in [-0.2, 0) is 23.8 Å². The number of aliphatic hydroxyl groups is 1. The maximum Gasteiger partial charge on any atom is 0.233 e. The van der Waals surface area contributed by atoms with Crippen molar-refractivity contribution in [3.05, 3.63) is 22.5 Å². The SMILES string of the molecule is CCO[C@@H]1C2=C(C(=O)C(=O)C(C(C)C)=C2O)[C@@]23CCC[C@]4(C)COC2O[C@H]1C43. The largest absolute Gasteiger partial charge is 0.507 e. The molecule has 28 heavy (non-hydrogen) atoms. The maximum absolute atomic E-state index is 13.5. The number of hydrogen-bond donors (Lipinski definition) is 1. The van der Waals surface area contributed by atoms with Gasteiger partial charge >= 0.3 is 0 Å². The Kier molecular flexibility index (Phi) is 3.82. The number of ether oxygens (including phenoxy) is 3. The minimum absolute atomic E-state index is 0.0490. The van der Waals surface area contributed by atoms with E-state index in [2.05, 4.69) is 6.92 Å². The number of carbonyl (C=O) groups is 2. The molecule has 6 heteroatoms. The average Bonchev–Trinajstić information content (AvgIpc) is 2.80. The third-order valence-corrected chi connectivity index (χ3v) is 7.67. The fourth-order valence-corrected chi connectivity index (χ4v) is 6.80. The monoisotopic (exact) mass is 388 g/mol. The van der Waals surface area contributed by atoms with Gasteiger partial charge in [-0.3, -0.25) is 9.59 Å². The van der Waals surface area contributed by atoms with Crippen molar-refractivity contribution in [1.29, 1.82) is 0 Å². The van der Waals surface area contributed by atoms with E-state index in [1.54, 1.807) is 0 Å². The first-order chi connectivity index (χ1) is 13.3. The number of Topliss-reactive ketones (excluding diaryl/α,β-unsaturated/α-hetero) is 2. The molecule has 0 amide bonds. The molecule has 2 unspecified atom stereocenters. The van der Waals surface area contributed by atoms with Crippen LogP contribution in [0.15, 0.2) is 22.5 Å². The van der Waals surface area contributed by atoms with Gasteiger partial charge in [-0.05, 0) is 31.1 Å². The van der Waals surface area contributed by atoms with E-state index in [0.29, 0.717) is 24.4 Å². The predicted octanol–water partition coefficient (Wildman–Crippen LogP) is 2.87. The molecule has 0 aromatic heterocycles. The molecule has 6 atom stereocenters. The highest BCUT2D eigenvalue weighted by Crippen LogP contribution is 2.70. The van der Waals surface area contributed by atoms with Gasteiger partial charge in [0.1, 0.15) is 11.9 Å². The van der Waals surface area contributed by atoms with Crippen molar-refractivity contribution >= 4 is 11.6 Å². The number of hydrogen-bond acceptors (Lipinski definition) is 6. The van der Waals surface area contributed by atoms with Crippen LogP contribution < -0.4 is 0 Å². The van der Waals surface area contributed by atoms with Crippen molar-refractivity contribution in [2.45, 2.75) is 65.5 Å². The molecule has 5 bridgehead atoms. The molecule has 0 radical (unpaired) electrons. The van der Waals surface area contributed by atoms with Gasteiger partial charge in [-0.25, -0.2) is 0 Å². The second-order valence-electron chi connectivity index (χ2n) is 9.51. The van der Waals surface area contributed by atoms with Crippen LogP contribution in [0.4, 0.5) is 0 Å². The fraction of sp³-hybridized carbons (Fsp3) is 0.727. The van der Waals surface area contributed by atoms with Crippen LogP contribution in [0.25, 0.3) is 0 Å². The van der Waals surface area contributed by atoms with E-state index in [1.807, 2.05) is 20.8 Å². The van der Waals surface area contributed by atoms with Crippen molar-refractivity contribution in [3.8, 4) is 0 Å². The molecule has 5 rings (SSSR count). The summed E-state index contributed by atoms with van der Waals surface area (Å²) in [4.78, 5) is 26.5. The third-order valence-electron chi connectivity index (χ3n) is 7.67. The van der Waals surface area contributed by atoms with Gasteiger partial charge in [0.05, 0.1) is 18.1 Å². The highest BCUT2D eigenvalue weighted by molar-refractivity contribution is 6.50. The first kappa shape index (κ1) is 18.5. The number of carbonyl (C=O) groups excluding carboxylic acids is 2. The summed E-state index contributed by atoms with van der Waals surface area (Å²) in [7, 11) is 0. The van der Waals surface area contributed by atoms with Crippen LogP contribution in [-0.4, -0.2) is 48.4 Å². The zero-order valence-electron chi connectivity index (χ0n) is 16.9. The Morgan fingerprint density at radius 3 is 2.68 bits per heavy atom. The molecular weight excluding hydrogens is 360 g/mol. The first-order valence-electron chi connectivity index (χ1n) is 10.4. The van der Waals surface area contributed by atoms with Crippen LogP contribution in [0.5, 0.6) is 0 Å². The number of ketones is 2. The highest BCUT2D eigenvalue weighted by atomic mass is 16.7. The van der Waals surface area contributed by atoms with Gasteiger partial charge in [0.2, 0.25) is 11.6 Å². The van der Waals surface area contributed by atoms with Gasteiger partial charge in [-0.2, -0.15) is 0 Å². The van der Waals surface area contributed by atoms with Crippen LogP contribution in [0.1, 0.15) is 47.0 Å². The summed E-state index contributed by atoms with van der Waals surface area (Å²) >= 11 is 0. The first-order valence-corrected chi connectivity index (χ1v) is 10.4. The van der Waals surface area contributed by atoms with Crippen LogP contribution >= 0.6 is 0 Å². The molecule has 1 N–H and O–H groups in total. The Hall–Kier alpha value is -1.50. The van der Waals surface area contributed by atoms with Crippen molar-refractivity contribution in [3.63, 3.8) is 0 Å². The van der Waals surface area contributed by atoms with Crippen LogP contribution in [0.3, 0.4) is 0 Å². The molecule has 1 saturated carbocycles. The molecule has 5 aliphatic rings. The van der Waals surface area contributed by atoms with E-state index in [4.69, 9.17) is 14.2 Å². The third kappa shape index (κ3) is 1.94. The fourth-order valence-electron chi connectivity index (χ4n) is 6.80. The predicted molar refractivity (Wildman–Crippen MR) is 99.4 cm³/mol. The average molecular weight is 388 g/mol. The van der Waals surface area contributed by atoms with Crippen molar-refractivity contribution < 1.29 is 28.9 Å². The second kappa shape index (κ2) is 5.77. The summed E-state index contributed by atoms with van der Waals surface area (Å²) in [6.07, 6.45) is 1.27. The Morgan fingerprint density at radius 2 is 2.00 bits per heavy atom. The van der Waals surface area contributed by atoms with Crippen LogP contribution in [0.2, 0.25) is 0 Å². The summed E-state index contributed by atoms with van der Waals surface area (Å²) in [5.41, 5.74) is 0.282. The van der Waals surface area contributed by atoms with Crippen molar-refractivity contribution in [2.24, 2.45) is 22.7 Å². The number of rotatable bonds is 3. The Balaban J connectivity index is 1.82. The summed E-state index contributed by atoms with van der Waals surface area (Å²) in [5.74, 6) is -1.37. The smallest absolute Gasteiger partial charge is 0.233 e. The lowest BCUT2D eigenvalue weighted by atomic mass is 9.46. The van der Waals surface area contributed by atoms with Gasteiger partial charge in [0.15, 0.2) is 6.29 Å². The summed E-state index contributed by atoms with van der Waals surface area (Å²) < 4.78 is 18.6. The second-order valence-corrected chi connectivity index (χ2v) is 9.51. The van der Waals surface area contributed by atoms with E-state index in [0.717, 1.165) is 19.3 Å². The van der Waals surface area contributed by atoms with E-state index in [-0.39, 0.29) is 34.7 Å². The Bertz CT molecular complexity index is 838. The van der Waals surface area contributed by atoms with E-state index in [9.17, 15) is 14.7 Å². The van der Waals surface area contributed by atoms with Gasteiger partial charge < -0.3 is 19.3 Å². The molecular formula is C22H28O6. The topological polar surface area (TPSA) is 82.1 Å². The summed E-state index contributed by atoms with van der Waals surface area (Å²) in [6, 6.07) is 0. The zero-order valence-corrected chi connectivity index (χ0v) is 16.9. The molecule has 152 valence electrons. The molecule has 2 aliphatic heterocycles. The summed E-state index contributed by atoms with van der Waals surface area (Å²) in [5, 5.41) is 11.2. The lowest BCUT2D eigenvalue weighted by molar-refractivity contribution is -0.216. The minimum Gasteiger partial charge on any atom is -0.507 e. The van der Waals surface area contributed by atoms with Crippen molar-refractivity contribution in [1.82, 2.24) is 0 Å². The van der Waals surface area contributed by atoms with Crippen molar-refractivity contribution in [2.75, 3.05) is 13.2 Å². The van der Waals surface area contributed by atoms with E-state index in [1.165, 1.54) is 0 Å². The molecule has 2 heterocycles. The molecule has 2 saturated heterocycles. The summed E-state index contributed by atoms with van der Waals surface area (Å²) in [6.45, 7) is 8.74. The number of aliphatic hydroxyl groups excluding tert-OH is 1. The molecule has 0 aromatic carbocycles. The number of allylic oxidation sites excluding steroid dienone is 1. The molecule has 0 spiro atoms. The van der Waals surface area contributed by atoms with Gasteiger partial charge in [-0.1, -0.05) is 27.2 Å². The molecule has 0 aromatic rings.